The summed E-state index contributed by atoms with van der Waals surface area (Å²) in [6.07, 6.45) is 2.10. The summed E-state index contributed by atoms with van der Waals surface area (Å²) in [6.45, 7) is 5.15. The molecule has 3 heteroatoms. The topological polar surface area (TPSA) is 26.0 Å². The summed E-state index contributed by atoms with van der Waals surface area (Å²) in [5, 5.41) is 0.847. The number of hydrogen-bond donors (Lipinski definition) is 1. The molecule has 0 aliphatic heterocycles. The zero-order valence-electron chi connectivity index (χ0n) is 10.0. The minimum atomic E-state index is 0.654. The Bertz CT molecular complexity index is 326. The van der Waals surface area contributed by atoms with Crippen molar-refractivity contribution in [2.45, 2.75) is 31.6 Å². The molecular weight excluding hydrogens is 238 g/mol. The maximum Gasteiger partial charge on any atom is 0.0449 e. The lowest BCUT2D eigenvalue weighted by Crippen LogP contribution is -2.04. The number of thioether (sulfide) groups is 1. The minimum absolute atomic E-state index is 0.654. The molecule has 0 aliphatic rings. The number of hydrogen-bond acceptors (Lipinski definition) is 2. The van der Waals surface area contributed by atoms with E-state index in [1.165, 1.54) is 16.9 Å². The van der Waals surface area contributed by atoms with Crippen LogP contribution in [0.4, 0.5) is 0 Å². The summed E-state index contributed by atoms with van der Waals surface area (Å²) >= 11 is 8.07. The molecule has 0 radical (unpaired) electrons. The lowest BCUT2D eigenvalue weighted by molar-refractivity contribution is 0.632. The minimum Gasteiger partial charge on any atom is -0.330 e. The zero-order valence-corrected chi connectivity index (χ0v) is 11.6. The molecular formula is C13H20ClNS. The van der Waals surface area contributed by atoms with E-state index in [4.69, 9.17) is 17.3 Å². The van der Waals surface area contributed by atoms with Crippen molar-refractivity contribution in [2.75, 3.05) is 12.3 Å². The molecule has 0 spiro atoms. The summed E-state index contributed by atoms with van der Waals surface area (Å²) in [6, 6.07) is 6.10. The molecule has 0 atom stereocenters. The third-order valence-electron chi connectivity index (χ3n) is 2.42. The summed E-state index contributed by atoms with van der Waals surface area (Å²) < 4.78 is 0. The van der Waals surface area contributed by atoms with E-state index >= 15 is 0 Å². The molecule has 1 aromatic carbocycles. The lowest BCUT2D eigenvalue weighted by atomic mass is 10.1. The Morgan fingerprint density at radius 2 is 2.12 bits per heavy atom. The summed E-state index contributed by atoms with van der Waals surface area (Å²) in [5.41, 5.74) is 6.82. The van der Waals surface area contributed by atoms with Crippen LogP contribution >= 0.6 is 23.4 Å². The van der Waals surface area contributed by atoms with Gasteiger partial charge in [-0.05, 0) is 48.8 Å². The second kappa shape index (κ2) is 7.21. The Morgan fingerprint density at radius 3 is 2.75 bits per heavy atom. The first-order chi connectivity index (χ1) is 7.65. The lowest BCUT2D eigenvalue weighted by Gasteiger charge is -2.11. The van der Waals surface area contributed by atoms with Gasteiger partial charge >= 0.3 is 0 Å². The van der Waals surface area contributed by atoms with Crippen LogP contribution in [0.2, 0.25) is 5.02 Å². The number of halogens is 1. The first-order valence-electron chi connectivity index (χ1n) is 5.75. The van der Waals surface area contributed by atoms with E-state index < -0.39 is 0 Å². The van der Waals surface area contributed by atoms with Gasteiger partial charge in [-0.3, -0.25) is 0 Å². The quantitative estimate of drug-likeness (QED) is 0.781. The van der Waals surface area contributed by atoms with Gasteiger partial charge in [0, 0.05) is 9.92 Å². The van der Waals surface area contributed by atoms with Crippen LogP contribution in [0, 0.1) is 5.92 Å². The van der Waals surface area contributed by atoms with Crippen LogP contribution in [0.1, 0.15) is 25.8 Å². The first kappa shape index (κ1) is 13.9. The molecule has 0 heterocycles. The summed E-state index contributed by atoms with van der Waals surface area (Å²) in [7, 11) is 0. The van der Waals surface area contributed by atoms with Crippen LogP contribution < -0.4 is 5.73 Å². The molecule has 0 unspecified atom stereocenters. The van der Waals surface area contributed by atoms with Gasteiger partial charge in [-0.15, -0.1) is 11.8 Å². The van der Waals surface area contributed by atoms with Gasteiger partial charge < -0.3 is 5.73 Å². The van der Waals surface area contributed by atoms with E-state index in [0.29, 0.717) is 6.54 Å². The summed E-state index contributed by atoms with van der Waals surface area (Å²) in [4.78, 5) is 1.29. The highest BCUT2D eigenvalue weighted by Gasteiger charge is 2.06. The van der Waals surface area contributed by atoms with Crippen LogP contribution in [0.25, 0.3) is 0 Å². The number of nitrogens with two attached hydrogens (primary N) is 1. The van der Waals surface area contributed by atoms with Crippen LogP contribution in [-0.4, -0.2) is 12.3 Å². The fraction of sp³-hybridized carbons (Fsp3) is 0.538. The zero-order chi connectivity index (χ0) is 12.0. The fourth-order valence-corrected chi connectivity index (χ4v) is 3.16. The van der Waals surface area contributed by atoms with Crippen molar-refractivity contribution in [1.29, 1.82) is 0 Å². The highest BCUT2D eigenvalue weighted by molar-refractivity contribution is 7.99. The normalized spacial score (nSPS) is 11.1. The summed E-state index contributed by atoms with van der Waals surface area (Å²) in [5.74, 6) is 1.90. The predicted molar refractivity (Wildman–Crippen MR) is 74.4 cm³/mol. The third kappa shape index (κ3) is 4.36. The molecule has 0 aromatic heterocycles. The standard InChI is InChI=1S/C13H20ClNS/c1-10(2)7-9-16-13-5-3-4-12(14)11(13)6-8-15/h3-5,10H,6-9,15H2,1-2H3. The van der Waals surface area contributed by atoms with Crippen LogP contribution in [0.5, 0.6) is 0 Å². The molecule has 1 rings (SSSR count). The number of benzene rings is 1. The van der Waals surface area contributed by atoms with E-state index in [2.05, 4.69) is 19.9 Å². The molecule has 1 aromatic rings. The highest BCUT2D eigenvalue weighted by atomic mass is 35.5. The monoisotopic (exact) mass is 257 g/mol. The fourth-order valence-electron chi connectivity index (χ4n) is 1.47. The average molecular weight is 258 g/mol. The molecule has 0 bridgehead atoms. The van der Waals surface area contributed by atoms with E-state index in [9.17, 15) is 0 Å². The van der Waals surface area contributed by atoms with Crippen LogP contribution in [0.3, 0.4) is 0 Å². The Labute approximate surface area is 108 Å². The SMILES string of the molecule is CC(C)CCSc1cccc(Cl)c1CCN. The van der Waals surface area contributed by atoms with Gasteiger partial charge in [0.05, 0.1) is 0 Å². The average Bonchev–Trinajstić information content (AvgIpc) is 2.22. The first-order valence-corrected chi connectivity index (χ1v) is 7.11. The van der Waals surface area contributed by atoms with Crippen molar-refractivity contribution in [1.82, 2.24) is 0 Å². The van der Waals surface area contributed by atoms with Gasteiger partial charge in [0.15, 0.2) is 0 Å². The van der Waals surface area contributed by atoms with E-state index in [-0.39, 0.29) is 0 Å². The maximum atomic E-state index is 6.18. The van der Waals surface area contributed by atoms with Crippen LogP contribution in [0.15, 0.2) is 23.1 Å². The number of rotatable bonds is 6. The maximum absolute atomic E-state index is 6.18. The van der Waals surface area contributed by atoms with Gasteiger partial charge in [-0.2, -0.15) is 0 Å². The Kier molecular flexibility index (Phi) is 6.25. The van der Waals surface area contributed by atoms with Crippen molar-refractivity contribution < 1.29 is 0 Å². The molecule has 16 heavy (non-hydrogen) atoms. The second-order valence-corrected chi connectivity index (χ2v) is 5.83. The molecule has 0 amide bonds. The molecule has 1 nitrogen and oxygen atoms in total. The molecule has 0 fully saturated rings. The van der Waals surface area contributed by atoms with E-state index in [0.717, 1.165) is 23.1 Å². The molecule has 0 saturated heterocycles. The van der Waals surface area contributed by atoms with Gasteiger partial charge in [-0.1, -0.05) is 31.5 Å². The molecule has 0 saturated carbocycles. The van der Waals surface area contributed by atoms with Crippen molar-refractivity contribution in [3.63, 3.8) is 0 Å². The van der Waals surface area contributed by atoms with Gasteiger partial charge in [0.1, 0.15) is 0 Å². The highest BCUT2D eigenvalue weighted by Crippen LogP contribution is 2.29. The van der Waals surface area contributed by atoms with Gasteiger partial charge in [0.25, 0.3) is 0 Å². The van der Waals surface area contributed by atoms with Crippen molar-refractivity contribution in [2.24, 2.45) is 11.7 Å². The Hall–Kier alpha value is -0.180. The van der Waals surface area contributed by atoms with Gasteiger partial charge in [0.2, 0.25) is 0 Å². The smallest absolute Gasteiger partial charge is 0.0449 e. The Balaban J connectivity index is 2.66. The molecule has 90 valence electrons. The predicted octanol–water partition coefficient (Wildman–Crippen LogP) is 3.98. The molecule has 2 N–H and O–H groups in total. The largest absolute Gasteiger partial charge is 0.330 e. The van der Waals surface area contributed by atoms with Crippen molar-refractivity contribution in [3.8, 4) is 0 Å². The second-order valence-electron chi connectivity index (χ2n) is 4.29. The van der Waals surface area contributed by atoms with Gasteiger partial charge in [-0.25, -0.2) is 0 Å². The van der Waals surface area contributed by atoms with Crippen molar-refractivity contribution >= 4 is 23.4 Å². The third-order valence-corrected chi connectivity index (χ3v) is 3.91. The van der Waals surface area contributed by atoms with E-state index in [1.54, 1.807) is 0 Å². The van der Waals surface area contributed by atoms with Crippen LogP contribution in [-0.2, 0) is 6.42 Å². The Morgan fingerprint density at radius 1 is 1.38 bits per heavy atom. The molecule has 0 aliphatic carbocycles. The van der Waals surface area contributed by atoms with Crippen molar-refractivity contribution in [3.05, 3.63) is 28.8 Å². The van der Waals surface area contributed by atoms with E-state index in [1.807, 2.05) is 23.9 Å².